The van der Waals surface area contributed by atoms with Gasteiger partial charge in [0.05, 0.1) is 11.7 Å². The summed E-state index contributed by atoms with van der Waals surface area (Å²) in [6.07, 6.45) is 9.78. The molecule has 1 aliphatic carbocycles. The van der Waals surface area contributed by atoms with Crippen LogP contribution in [-0.2, 0) is 6.54 Å². The Balaban J connectivity index is 1.95. The second kappa shape index (κ2) is 7.60. The van der Waals surface area contributed by atoms with Crippen LogP contribution in [0.2, 0.25) is 0 Å². The Labute approximate surface area is 131 Å². The molecule has 2 rings (SSSR count). The van der Waals surface area contributed by atoms with Gasteiger partial charge in [-0.2, -0.15) is 5.10 Å². The van der Waals surface area contributed by atoms with Gasteiger partial charge in [-0.25, -0.2) is 0 Å². The quantitative estimate of drug-likeness (QED) is 0.715. The maximum atomic E-state index is 4.77. The maximum Gasteiger partial charge on any atom is 0.0764 e. The summed E-state index contributed by atoms with van der Waals surface area (Å²) in [5.41, 5.74) is 1.20. The van der Waals surface area contributed by atoms with Gasteiger partial charge in [0.25, 0.3) is 0 Å². The minimum atomic E-state index is 0.549. The number of aromatic nitrogens is 2. The minimum absolute atomic E-state index is 0.549. The summed E-state index contributed by atoms with van der Waals surface area (Å²) < 4.78 is 2.15. The fraction of sp³-hybridized carbons (Fsp3) is 0.812. The molecule has 3 nitrogen and oxygen atoms in total. The third-order valence-electron chi connectivity index (χ3n) is 4.61. The number of rotatable bonds is 6. The van der Waals surface area contributed by atoms with Crippen molar-refractivity contribution in [3.8, 4) is 0 Å². The van der Waals surface area contributed by atoms with Crippen molar-refractivity contribution in [2.24, 2.45) is 0 Å². The molecule has 0 aromatic carbocycles. The zero-order chi connectivity index (χ0) is 14.5. The summed E-state index contributed by atoms with van der Waals surface area (Å²) in [6.45, 7) is 5.43. The third-order valence-corrected chi connectivity index (χ3v) is 5.67. The average molecular weight is 342 g/mol. The summed E-state index contributed by atoms with van der Waals surface area (Å²) in [7, 11) is 2.24. The van der Waals surface area contributed by atoms with Gasteiger partial charge in [-0.3, -0.25) is 9.58 Å². The molecular weight excluding hydrogens is 314 g/mol. The Morgan fingerprint density at radius 1 is 1.35 bits per heavy atom. The van der Waals surface area contributed by atoms with E-state index < -0.39 is 0 Å². The number of alkyl halides is 1. The molecule has 0 saturated heterocycles. The van der Waals surface area contributed by atoms with Crippen LogP contribution in [0.4, 0.5) is 0 Å². The molecular formula is C16H28BrN3. The van der Waals surface area contributed by atoms with Gasteiger partial charge in [-0.15, -0.1) is 0 Å². The molecule has 2 atom stereocenters. The Kier molecular flexibility index (Phi) is 6.09. The highest BCUT2D eigenvalue weighted by Gasteiger charge is 2.26. The Morgan fingerprint density at radius 2 is 2.05 bits per heavy atom. The number of hydrogen-bond donors (Lipinski definition) is 0. The van der Waals surface area contributed by atoms with Gasteiger partial charge in [-0.05, 0) is 38.8 Å². The van der Waals surface area contributed by atoms with E-state index in [-0.39, 0.29) is 0 Å². The first-order valence-corrected chi connectivity index (χ1v) is 8.95. The van der Waals surface area contributed by atoms with Crippen LogP contribution in [0.1, 0.15) is 64.1 Å². The molecule has 1 aromatic rings. The molecule has 0 aliphatic heterocycles. The van der Waals surface area contributed by atoms with Crippen molar-refractivity contribution < 1.29 is 0 Å². The Bertz CT molecular complexity index is 400. The molecule has 0 amide bonds. The molecule has 1 fully saturated rings. The van der Waals surface area contributed by atoms with Gasteiger partial charge in [0.2, 0.25) is 0 Å². The fourth-order valence-electron chi connectivity index (χ4n) is 3.26. The Hall–Kier alpha value is -0.350. The lowest BCUT2D eigenvalue weighted by molar-refractivity contribution is 0.190. The van der Waals surface area contributed by atoms with E-state index in [1.165, 1.54) is 31.4 Å². The van der Waals surface area contributed by atoms with Crippen LogP contribution < -0.4 is 0 Å². The predicted octanol–water partition coefficient (Wildman–Crippen LogP) is 4.38. The van der Waals surface area contributed by atoms with Crippen LogP contribution in [0.3, 0.4) is 0 Å². The summed E-state index contributed by atoms with van der Waals surface area (Å²) in [5.74, 6) is 0. The number of halogens is 1. The Morgan fingerprint density at radius 3 is 2.70 bits per heavy atom. The molecule has 0 spiro atoms. The maximum absolute atomic E-state index is 4.77. The van der Waals surface area contributed by atoms with E-state index >= 15 is 0 Å². The van der Waals surface area contributed by atoms with E-state index in [0.29, 0.717) is 16.9 Å². The van der Waals surface area contributed by atoms with Gasteiger partial charge < -0.3 is 0 Å². The van der Waals surface area contributed by atoms with E-state index in [2.05, 4.69) is 58.7 Å². The van der Waals surface area contributed by atoms with E-state index in [4.69, 9.17) is 5.10 Å². The van der Waals surface area contributed by atoms with Crippen LogP contribution in [0.25, 0.3) is 0 Å². The largest absolute Gasteiger partial charge is 0.296 e. The third kappa shape index (κ3) is 3.85. The standard InChI is InChI=1S/C16H28BrN3/c1-4-14(5-2)20-11-10-13(18-20)12-19(3)16-9-7-6-8-15(16)17/h10-11,14-16H,4-9,12H2,1-3H3. The highest BCUT2D eigenvalue weighted by molar-refractivity contribution is 9.09. The lowest BCUT2D eigenvalue weighted by Crippen LogP contribution is -2.40. The lowest BCUT2D eigenvalue weighted by Gasteiger charge is -2.34. The summed E-state index contributed by atoms with van der Waals surface area (Å²) in [5, 5.41) is 4.77. The molecule has 1 heterocycles. The van der Waals surface area contributed by atoms with Crippen molar-refractivity contribution in [3.63, 3.8) is 0 Å². The van der Waals surface area contributed by atoms with Crippen LogP contribution in [0.15, 0.2) is 12.3 Å². The molecule has 2 unspecified atom stereocenters. The van der Waals surface area contributed by atoms with E-state index in [1.807, 2.05) is 0 Å². The van der Waals surface area contributed by atoms with Crippen LogP contribution in [0, 0.1) is 0 Å². The molecule has 1 aromatic heterocycles. The lowest BCUT2D eigenvalue weighted by atomic mass is 9.94. The predicted molar refractivity (Wildman–Crippen MR) is 88.3 cm³/mol. The zero-order valence-electron chi connectivity index (χ0n) is 13.1. The topological polar surface area (TPSA) is 21.1 Å². The zero-order valence-corrected chi connectivity index (χ0v) is 14.6. The molecule has 0 radical (unpaired) electrons. The first kappa shape index (κ1) is 16.0. The van der Waals surface area contributed by atoms with Gasteiger partial charge >= 0.3 is 0 Å². The van der Waals surface area contributed by atoms with E-state index in [1.54, 1.807) is 0 Å². The summed E-state index contributed by atoms with van der Waals surface area (Å²) >= 11 is 3.85. The van der Waals surface area contributed by atoms with Crippen molar-refractivity contribution >= 4 is 15.9 Å². The number of hydrogen-bond acceptors (Lipinski definition) is 2. The second-order valence-corrected chi connectivity index (χ2v) is 7.22. The fourth-order valence-corrected chi connectivity index (χ4v) is 4.25. The van der Waals surface area contributed by atoms with Crippen molar-refractivity contribution in [1.82, 2.24) is 14.7 Å². The van der Waals surface area contributed by atoms with Crippen LogP contribution >= 0.6 is 15.9 Å². The van der Waals surface area contributed by atoms with E-state index in [0.717, 1.165) is 19.4 Å². The summed E-state index contributed by atoms with van der Waals surface area (Å²) in [4.78, 5) is 3.11. The molecule has 1 saturated carbocycles. The normalized spacial score (nSPS) is 23.7. The monoisotopic (exact) mass is 341 g/mol. The van der Waals surface area contributed by atoms with Crippen molar-refractivity contribution in [2.75, 3.05) is 7.05 Å². The van der Waals surface area contributed by atoms with E-state index in [9.17, 15) is 0 Å². The second-order valence-electron chi connectivity index (χ2n) is 6.04. The highest BCUT2D eigenvalue weighted by Crippen LogP contribution is 2.28. The van der Waals surface area contributed by atoms with Gasteiger partial charge in [0.1, 0.15) is 0 Å². The molecule has 4 heteroatoms. The van der Waals surface area contributed by atoms with Crippen molar-refractivity contribution in [3.05, 3.63) is 18.0 Å². The van der Waals surface area contributed by atoms with Gasteiger partial charge in [0.15, 0.2) is 0 Å². The summed E-state index contributed by atoms with van der Waals surface area (Å²) in [6, 6.07) is 3.38. The molecule has 20 heavy (non-hydrogen) atoms. The van der Waals surface area contributed by atoms with Gasteiger partial charge in [0, 0.05) is 23.6 Å². The minimum Gasteiger partial charge on any atom is -0.296 e. The molecule has 114 valence electrons. The smallest absolute Gasteiger partial charge is 0.0764 e. The molecule has 0 N–H and O–H groups in total. The van der Waals surface area contributed by atoms with Crippen LogP contribution in [0.5, 0.6) is 0 Å². The van der Waals surface area contributed by atoms with Crippen LogP contribution in [-0.4, -0.2) is 32.6 Å². The van der Waals surface area contributed by atoms with Crippen molar-refractivity contribution in [2.45, 2.75) is 75.8 Å². The van der Waals surface area contributed by atoms with Crippen molar-refractivity contribution in [1.29, 1.82) is 0 Å². The average Bonchev–Trinajstić information content (AvgIpc) is 2.89. The molecule has 1 aliphatic rings. The molecule has 0 bridgehead atoms. The van der Waals surface area contributed by atoms with Gasteiger partial charge in [-0.1, -0.05) is 42.6 Å². The SMILES string of the molecule is CCC(CC)n1ccc(CN(C)C2CCCCC2Br)n1. The first-order valence-electron chi connectivity index (χ1n) is 8.04. The number of nitrogens with zero attached hydrogens (tertiary/aromatic N) is 3. The first-order chi connectivity index (χ1) is 9.65. The highest BCUT2D eigenvalue weighted by atomic mass is 79.9.